The Labute approximate surface area is 119 Å². The van der Waals surface area contributed by atoms with Crippen LogP contribution in [0.2, 0.25) is 0 Å². The van der Waals surface area contributed by atoms with Gasteiger partial charge in [0.15, 0.2) is 0 Å². The van der Waals surface area contributed by atoms with Gasteiger partial charge in [-0.3, -0.25) is 0 Å². The van der Waals surface area contributed by atoms with Crippen molar-refractivity contribution in [2.24, 2.45) is 0 Å². The van der Waals surface area contributed by atoms with Crippen LogP contribution in [0.1, 0.15) is 16.7 Å². The maximum atomic E-state index is 3.26. The Morgan fingerprint density at radius 2 is 1.70 bits per heavy atom. The molecule has 0 aliphatic rings. The van der Waals surface area contributed by atoms with Crippen LogP contribution in [0, 0.1) is 25.7 Å². The zero-order chi connectivity index (χ0) is 13.9. The van der Waals surface area contributed by atoms with Crippen LogP contribution in [0.5, 0.6) is 0 Å². The van der Waals surface area contributed by atoms with Crippen molar-refractivity contribution in [2.75, 3.05) is 0 Å². The van der Waals surface area contributed by atoms with E-state index in [0.29, 0.717) is 0 Å². The molecule has 0 spiro atoms. The normalized spacial score (nSPS) is 10.3. The van der Waals surface area contributed by atoms with Gasteiger partial charge in [-0.2, -0.15) is 0 Å². The summed E-state index contributed by atoms with van der Waals surface area (Å²) in [6.45, 7) is 4.96. The molecule has 20 heavy (non-hydrogen) atoms. The minimum absolute atomic E-state index is 0.724. The topological polar surface area (TPSA) is 4.93 Å². The molecule has 3 rings (SSSR count). The van der Waals surface area contributed by atoms with Gasteiger partial charge in [-0.15, -0.1) is 0 Å². The minimum atomic E-state index is 0.724. The van der Waals surface area contributed by atoms with E-state index in [-0.39, 0.29) is 0 Å². The number of hydrogen-bond donors (Lipinski definition) is 0. The van der Waals surface area contributed by atoms with Crippen molar-refractivity contribution in [1.82, 2.24) is 4.57 Å². The van der Waals surface area contributed by atoms with Gasteiger partial charge >= 0.3 is 0 Å². The zero-order valence-electron chi connectivity index (χ0n) is 11.9. The summed E-state index contributed by atoms with van der Waals surface area (Å²) in [5, 5.41) is 1.31. The molecule has 0 unspecified atom stereocenters. The number of nitrogens with zero attached hydrogens (tertiary/aromatic N) is 1. The highest BCUT2D eigenvalue weighted by atomic mass is 14.9. The molecule has 1 heteroatoms. The van der Waals surface area contributed by atoms with Crippen LogP contribution in [0.3, 0.4) is 0 Å². The lowest BCUT2D eigenvalue weighted by Crippen LogP contribution is -1.92. The Morgan fingerprint density at radius 3 is 2.50 bits per heavy atom. The summed E-state index contributed by atoms with van der Waals surface area (Å²) in [6.07, 6.45) is 2.18. The first kappa shape index (κ1) is 12.6. The SMILES string of the molecule is Cc1ccc(C#CCn2cc(C)c3ccccc32)cc1. The van der Waals surface area contributed by atoms with Crippen molar-refractivity contribution in [3.05, 3.63) is 71.4 Å². The van der Waals surface area contributed by atoms with Gasteiger partial charge in [0, 0.05) is 22.7 Å². The molecule has 0 saturated heterocycles. The quantitative estimate of drug-likeness (QED) is 0.574. The van der Waals surface area contributed by atoms with Crippen molar-refractivity contribution in [2.45, 2.75) is 20.4 Å². The van der Waals surface area contributed by atoms with E-state index in [1.807, 2.05) is 0 Å². The molecule has 0 amide bonds. The van der Waals surface area contributed by atoms with E-state index in [0.717, 1.165) is 12.1 Å². The van der Waals surface area contributed by atoms with Crippen LogP contribution in [0.4, 0.5) is 0 Å². The van der Waals surface area contributed by atoms with Crippen LogP contribution < -0.4 is 0 Å². The summed E-state index contributed by atoms with van der Waals surface area (Å²) in [5.74, 6) is 6.48. The number of hydrogen-bond acceptors (Lipinski definition) is 0. The van der Waals surface area contributed by atoms with Gasteiger partial charge in [0.1, 0.15) is 0 Å². The first-order valence-corrected chi connectivity index (χ1v) is 6.84. The average molecular weight is 259 g/mol. The summed E-state index contributed by atoms with van der Waals surface area (Å²) < 4.78 is 2.21. The molecule has 1 aromatic heterocycles. The van der Waals surface area contributed by atoms with Gasteiger partial charge in [0.25, 0.3) is 0 Å². The van der Waals surface area contributed by atoms with Crippen LogP contribution in [-0.4, -0.2) is 4.57 Å². The van der Waals surface area contributed by atoms with E-state index in [9.17, 15) is 0 Å². The highest BCUT2D eigenvalue weighted by Crippen LogP contribution is 2.19. The Bertz CT molecular complexity index is 795. The number of para-hydroxylation sites is 1. The van der Waals surface area contributed by atoms with Crippen molar-refractivity contribution in [3.63, 3.8) is 0 Å². The fraction of sp³-hybridized carbons (Fsp3) is 0.158. The molecular formula is C19H17N. The molecule has 0 aliphatic carbocycles. The van der Waals surface area contributed by atoms with Gasteiger partial charge in [-0.1, -0.05) is 47.7 Å². The molecular weight excluding hydrogens is 242 g/mol. The van der Waals surface area contributed by atoms with E-state index in [1.54, 1.807) is 0 Å². The third-order valence-electron chi connectivity index (χ3n) is 3.52. The summed E-state index contributed by atoms with van der Waals surface area (Å²) in [4.78, 5) is 0. The van der Waals surface area contributed by atoms with Gasteiger partial charge in [-0.25, -0.2) is 0 Å². The maximum Gasteiger partial charge on any atom is 0.0841 e. The molecule has 0 N–H and O–H groups in total. The monoisotopic (exact) mass is 259 g/mol. The predicted octanol–water partition coefficient (Wildman–Crippen LogP) is 4.31. The van der Waals surface area contributed by atoms with Gasteiger partial charge in [-0.05, 0) is 37.6 Å². The lowest BCUT2D eigenvalue weighted by molar-refractivity contribution is 0.882. The van der Waals surface area contributed by atoms with Crippen molar-refractivity contribution in [3.8, 4) is 11.8 Å². The van der Waals surface area contributed by atoms with Crippen LogP contribution in [0.25, 0.3) is 10.9 Å². The van der Waals surface area contributed by atoms with E-state index < -0.39 is 0 Å². The van der Waals surface area contributed by atoms with E-state index >= 15 is 0 Å². The number of fused-ring (bicyclic) bond motifs is 1. The molecule has 0 fully saturated rings. The standard InChI is InChI=1S/C19H17N/c1-15-9-11-17(12-10-15)6-5-13-20-14-16(2)18-7-3-4-8-19(18)20/h3-4,7-12,14H,13H2,1-2H3. The smallest absolute Gasteiger partial charge is 0.0841 e. The summed E-state index contributed by atoms with van der Waals surface area (Å²) >= 11 is 0. The Morgan fingerprint density at radius 1 is 0.950 bits per heavy atom. The van der Waals surface area contributed by atoms with Crippen molar-refractivity contribution in [1.29, 1.82) is 0 Å². The molecule has 2 aromatic carbocycles. The second-order valence-corrected chi connectivity index (χ2v) is 5.12. The Hall–Kier alpha value is -2.46. The van der Waals surface area contributed by atoms with Crippen molar-refractivity contribution < 1.29 is 0 Å². The van der Waals surface area contributed by atoms with Crippen LogP contribution >= 0.6 is 0 Å². The van der Waals surface area contributed by atoms with Crippen molar-refractivity contribution >= 4 is 10.9 Å². The fourth-order valence-electron chi connectivity index (χ4n) is 2.42. The van der Waals surface area contributed by atoms with E-state index in [4.69, 9.17) is 0 Å². The molecule has 0 bridgehead atoms. The number of rotatable bonds is 1. The molecule has 98 valence electrons. The second kappa shape index (κ2) is 5.27. The molecule has 0 aliphatic heterocycles. The van der Waals surface area contributed by atoms with Gasteiger partial charge < -0.3 is 4.57 Å². The highest BCUT2D eigenvalue weighted by Gasteiger charge is 2.02. The van der Waals surface area contributed by atoms with Crippen LogP contribution in [-0.2, 0) is 6.54 Å². The van der Waals surface area contributed by atoms with Gasteiger partial charge in [0.2, 0.25) is 0 Å². The molecule has 3 aromatic rings. The third kappa shape index (κ3) is 2.46. The highest BCUT2D eigenvalue weighted by molar-refractivity contribution is 5.83. The average Bonchev–Trinajstić information content (AvgIpc) is 2.79. The molecule has 1 nitrogen and oxygen atoms in total. The molecule has 0 atom stereocenters. The number of aryl methyl sites for hydroxylation is 2. The third-order valence-corrected chi connectivity index (χ3v) is 3.52. The van der Waals surface area contributed by atoms with Gasteiger partial charge in [0.05, 0.1) is 6.54 Å². The minimum Gasteiger partial charge on any atom is -0.336 e. The maximum absolute atomic E-state index is 3.26. The first-order chi connectivity index (χ1) is 9.74. The zero-order valence-corrected chi connectivity index (χ0v) is 11.9. The van der Waals surface area contributed by atoms with E-state index in [2.05, 4.69) is 85.0 Å². The fourth-order valence-corrected chi connectivity index (χ4v) is 2.42. The van der Waals surface area contributed by atoms with E-state index in [1.165, 1.54) is 22.0 Å². The summed E-state index contributed by atoms with van der Waals surface area (Å²) in [6, 6.07) is 16.8. The summed E-state index contributed by atoms with van der Waals surface area (Å²) in [7, 11) is 0. The Balaban J connectivity index is 1.86. The number of benzene rings is 2. The lowest BCUT2D eigenvalue weighted by atomic mass is 10.1. The van der Waals surface area contributed by atoms with Crippen LogP contribution in [0.15, 0.2) is 54.7 Å². The summed E-state index contributed by atoms with van der Waals surface area (Å²) in [5.41, 5.74) is 4.90. The Kier molecular flexibility index (Phi) is 3.31. The second-order valence-electron chi connectivity index (χ2n) is 5.12. The number of aromatic nitrogens is 1. The molecule has 0 radical (unpaired) electrons. The lowest BCUT2D eigenvalue weighted by Gasteiger charge is -1.98. The predicted molar refractivity (Wildman–Crippen MR) is 84.7 cm³/mol. The first-order valence-electron chi connectivity index (χ1n) is 6.84. The molecule has 0 saturated carbocycles. The largest absolute Gasteiger partial charge is 0.336 e. The molecule has 1 heterocycles.